The third-order valence-corrected chi connectivity index (χ3v) is 6.45. The summed E-state index contributed by atoms with van der Waals surface area (Å²) < 4.78 is 0. The summed E-state index contributed by atoms with van der Waals surface area (Å²) in [4.78, 5) is 33.3. The molecule has 1 aromatic heterocycles. The van der Waals surface area contributed by atoms with E-state index in [1.807, 2.05) is 35.2 Å². The maximum atomic E-state index is 13.4. The molecule has 1 unspecified atom stereocenters. The topological polar surface area (TPSA) is 65.5 Å². The molecule has 2 fully saturated rings. The molecule has 2 amide bonds. The molecule has 7 heteroatoms. The van der Waals surface area contributed by atoms with Gasteiger partial charge in [-0.25, -0.2) is 0 Å². The second-order valence-electron chi connectivity index (χ2n) is 8.37. The summed E-state index contributed by atoms with van der Waals surface area (Å²) in [7, 11) is 0. The number of halogens is 1. The van der Waals surface area contributed by atoms with Crippen molar-refractivity contribution in [3.05, 3.63) is 58.4 Å². The van der Waals surface area contributed by atoms with E-state index in [2.05, 4.69) is 15.2 Å². The molecule has 4 rings (SSSR count). The summed E-state index contributed by atoms with van der Waals surface area (Å²) in [6, 6.07) is 9.53. The minimum Gasteiger partial charge on any atom is -0.370 e. The van der Waals surface area contributed by atoms with Gasteiger partial charge in [0, 0.05) is 44.9 Å². The summed E-state index contributed by atoms with van der Waals surface area (Å²) in [5.74, 6) is -0.0370. The number of carbonyl (C=O) groups excluding carboxylic acids is 2. The van der Waals surface area contributed by atoms with Crippen molar-refractivity contribution in [1.29, 1.82) is 0 Å². The van der Waals surface area contributed by atoms with E-state index >= 15 is 0 Å². The molecular weight excluding hydrogens is 412 g/mol. The zero-order chi connectivity index (χ0) is 21.8. The highest BCUT2D eigenvalue weighted by Crippen LogP contribution is 2.34. The van der Waals surface area contributed by atoms with Crippen LogP contribution in [0.1, 0.15) is 66.7 Å². The van der Waals surface area contributed by atoms with Crippen LogP contribution in [0, 0.1) is 0 Å². The maximum absolute atomic E-state index is 13.4. The molecule has 31 heavy (non-hydrogen) atoms. The van der Waals surface area contributed by atoms with Crippen LogP contribution < -0.4 is 10.2 Å². The smallest absolute Gasteiger partial charge is 0.254 e. The first-order valence-corrected chi connectivity index (χ1v) is 11.5. The molecule has 3 heterocycles. The molecule has 0 aliphatic carbocycles. The number of benzene rings is 1. The molecule has 0 bridgehead atoms. The molecule has 2 saturated heterocycles. The van der Waals surface area contributed by atoms with Gasteiger partial charge in [-0.1, -0.05) is 17.7 Å². The molecule has 6 nitrogen and oxygen atoms in total. The fourth-order valence-electron chi connectivity index (χ4n) is 4.47. The van der Waals surface area contributed by atoms with Crippen molar-refractivity contribution < 1.29 is 9.59 Å². The standard InChI is InChI=1S/C24H29ClN4O2/c1-17(30)26-15-18-7-10-21(27-16-18)22-6-5-13-29(22)24(31)19-8-9-20(25)23(14-19)28-11-3-2-4-12-28/h7-10,14,16,22H,2-6,11-13,15H2,1H3,(H,26,30). The summed E-state index contributed by atoms with van der Waals surface area (Å²) in [6.45, 7) is 4.65. The second-order valence-corrected chi connectivity index (χ2v) is 8.78. The van der Waals surface area contributed by atoms with Crippen LogP contribution in [0.2, 0.25) is 5.02 Å². The highest BCUT2D eigenvalue weighted by atomic mass is 35.5. The predicted octanol–water partition coefficient (Wildman–Crippen LogP) is 4.34. The Morgan fingerprint density at radius 2 is 1.90 bits per heavy atom. The fourth-order valence-corrected chi connectivity index (χ4v) is 4.71. The van der Waals surface area contributed by atoms with Crippen molar-refractivity contribution in [2.75, 3.05) is 24.5 Å². The van der Waals surface area contributed by atoms with Gasteiger partial charge in [0.05, 0.1) is 22.4 Å². The monoisotopic (exact) mass is 440 g/mol. The molecule has 1 aromatic carbocycles. The van der Waals surface area contributed by atoms with Crippen molar-refractivity contribution in [2.24, 2.45) is 0 Å². The summed E-state index contributed by atoms with van der Waals surface area (Å²) >= 11 is 6.48. The van der Waals surface area contributed by atoms with Crippen LogP contribution in [0.4, 0.5) is 5.69 Å². The second kappa shape index (κ2) is 9.69. The van der Waals surface area contributed by atoms with Gasteiger partial charge in [0.1, 0.15) is 0 Å². The van der Waals surface area contributed by atoms with Crippen molar-refractivity contribution >= 4 is 29.1 Å². The Balaban J connectivity index is 1.51. The lowest BCUT2D eigenvalue weighted by Gasteiger charge is -2.30. The van der Waals surface area contributed by atoms with Gasteiger partial charge in [-0.3, -0.25) is 14.6 Å². The SMILES string of the molecule is CC(=O)NCc1ccc(C2CCCN2C(=O)c2ccc(Cl)c(N3CCCCC3)c2)nc1. The minimum absolute atomic E-state index is 0.0292. The van der Waals surface area contributed by atoms with Crippen molar-refractivity contribution in [3.63, 3.8) is 0 Å². The molecule has 2 aliphatic heterocycles. The van der Waals surface area contributed by atoms with Crippen molar-refractivity contribution in [3.8, 4) is 0 Å². The van der Waals surface area contributed by atoms with Gasteiger partial charge >= 0.3 is 0 Å². The Labute approximate surface area is 188 Å². The molecule has 164 valence electrons. The van der Waals surface area contributed by atoms with Crippen molar-refractivity contribution in [2.45, 2.75) is 51.6 Å². The quantitative estimate of drug-likeness (QED) is 0.751. The van der Waals surface area contributed by atoms with E-state index in [9.17, 15) is 9.59 Å². The first-order valence-electron chi connectivity index (χ1n) is 11.1. The van der Waals surface area contributed by atoms with Crippen LogP contribution in [0.3, 0.4) is 0 Å². The van der Waals surface area contributed by atoms with Gasteiger partial charge in [0.2, 0.25) is 5.91 Å². The lowest BCUT2D eigenvalue weighted by Crippen LogP contribution is -2.32. The Bertz CT molecular complexity index is 941. The van der Waals surface area contributed by atoms with E-state index in [4.69, 9.17) is 11.6 Å². The number of nitrogens with zero attached hydrogens (tertiary/aromatic N) is 3. The lowest BCUT2D eigenvalue weighted by atomic mass is 10.1. The molecule has 2 aliphatic rings. The third-order valence-electron chi connectivity index (χ3n) is 6.13. The van der Waals surface area contributed by atoms with E-state index in [0.717, 1.165) is 62.3 Å². The number of nitrogens with one attached hydrogen (secondary N) is 1. The number of amides is 2. The highest BCUT2D eigenvalue weighted by Gasteiger charge is 2.32. The third kappa shape index (κ3) is 5.01. The number of carbonyl (C=O) groups is 2. The van der Waals surface area contributed by atoms with Gasteiger partial charge < -0.3 is 15.1 Å². The van der Waals surface area contributed by atoms with Crippen molar-refractivity contribution in [1.82, 2.24) is 15.2 Å². The number of piperidine rings is 1. The number of pyridine rings is 1. The Kier molecular flexibility index (Phi) is 6.76. The van der Waals surface area contributed by atoms with Gasteiger partial charge in [0.25, 0.3) is 5.91 Å². The van der Waals surface area contributed by atoms with Crippen LogP contribution >= 0.6 is 11.6 Å². The Hall–Kier alpha value is -2.60. The molecule has 0 radical (unpaired) electrons. The van der Waals surface area contributed by atoms with E-state index in [-0.39, 0.29) is 17.9 Å². The largest absolute Gasteiger partial charge is 0.370 e. The number of likely N-dealkylation sites (tertiary alicyclic amines) is 1. The van der Waals surface area contributed by atoms with E-state index in [1.54, 1.807) is 6.20 Å². The normalized spacial score (nSPS) is 18.8. The van der Waals surface area contributed by atoms with Crippen LogP contribution in [0.5, 0.6) is 0 Å². The molecule has 0 saturated carbocycles. The number of anilines is 1. The van der Waals surface area contributed by atoms with Crippen LogP contribution in [-0.2, 0) is 11.3 Å². The summed E-state index contributed by atoms with van der Waals surface area (Å²) in [5, 5.41) is 3.48. The first kappa shape index (κ1) is 21.6. The average molecular weight is 441 g/mol. The van der Waals surface area contributed by atoms with Gasteiger partial charge in [-0.05, 0) is 61.9 Å². The summed E-state index contributed by atoms with van der Waals surface area (Å²) in [5.41, 5.74) is 3.48. The van der Waals surface area contributed by atoms with Gasteiger partial charge in [-0.15, -0.1) is 0 Å². The molecule has 1 atom stereocenters. The number of rotatable bonds is 5. The van der Waals surface area contributed by atoms with Crippen LogP contribution in [0.15, 0.2) is 36.5 Å². The zero-order valence-electron chi connectivity index (χ0n) is 17.9. The van der Waals surface area contributed by atoms with E-state index in [1.165, 1.54) is 13.3 Å². The van der Waals surface area contributed by atoms with E-state index in [0.29, 0.717) is 17.1 Å². The lowest BCUT2D eigenvalue weighted by molar-refractivity contribution is -0.119. The van der Waals surface area contributed by atoms with Gasteiger partial charge in [0.15, 0.2) is 0 Å². The van der Waals surface area contributed by atoms with Gasteiger partial charge in [-0.2, -0.15) is 0 Å². The fraction of sp³-hybridized carbons (Fsp3) is 0.458. The predicted molar refractivity (Wildman–Crippen MR) is 122 cm³/mol. The van der Waals surface area contributed by atoms with E-state index < -0.39 is 0 Å². The molecule has 2 aromatic rings. The molecule has 0 spiro atoms. The van der Waals surface area contributed by atoms with Crippen LogP contribution in [-0.4, -0.2) is 41.3 Å². The average Bonchev–Trinajstić information content (AvgIpc) is 3.28. The minimum atomic E-state index is -0.0662. The number of aromatic nitrogens is 1. The molecule has 1 N–H and O–H groups in total. The Morgan fingerprint density at radius 3 is 2.61 bits per heavy atom. The number of hydrogen-bond donors (Lipinski definition) is 1. The summed E-state index contributed by atoms with van der Waals surface area (Å²) in [6.07, 6.45) is 7.20. The Morgan fingerprint density at radius 1 is 1.10 bits per heavy atom. The zero-order valence-corrected chi connectivity index (χ0v) is 18.7. The maximum Gasteiger partial charge on any atom is 0.254 e. The van der Waals surface area contributed by atoms with Crippen LogP contribution in [0.25, 0.3) is 0 Å². The highest BCUT2D eigenvalue weighted by molar-refractivity contribution is 6.33. The molecular formula is C24H29ClN4O2. The first-order chi connectivity index (χ1) is 15.0. The number of hydrogen-bond acceptors (Lipinski definition) is 4.